The summed E-state index contributed by atoms with van der Waals surface area (Å²) in [6.07, 6.45) is 2.93. The van der Waals surface area contributed by atoms with E-state index in [4.69, 9.17) is 0 Å². The molecule has 4 aromatic rings. The Hall–Kier alpha value is -3.39. The number of hydrogen-bond donors (Lipinski definition) is 1. The number of aromatic nitrogens is 3. The van der Waals surface area contributed by atoms with Crippen molar-refractivity contribution in [3.63, 3.8) is 0 Å². The second kappa shape index (κ2) is 6.97. The number of benzene rings is 2. The predicted octanol–water partition coefficient (Wildman–Crippen LogP) is 3.12. The maximum absolute atomic E-state index is 13.6. The molecule has 0 saturated carbocycles. The zero-order valence-electron chi connectivity index (χ0n) is 14.4. The lowest BCUT2D eigenvalue weighted by Gasteiger charge is -2.07. The molecule has 8 heteroatoms. The van der Waals surface area contributed by atoms with E-state index in [1.165, 1.54) is 39.7 Å². The Morgan fingerprint density at radius 3 is 2.39 bits per heavy atom. The van der Waals surface area contributed by atoms with Crippen molar-refractivity contribution in [2.24, 2.45) is 0 Å². The minimum Gasteiger partial charge on any atom is -0.392 e. The van der Waals surface area contributed by atoms with E-state index in [2.05, 4.69) is 5.10 Å². The van der Waals surface area contributed by atoms with Gasteiger partial charge in [0, 0.05) is 29.6 Å². The van der Waals surface area contributed by atoms with Crippen LogP contribution in [0.15, 0.2) is 59.7 Å². The highest BCUT2D eigenvalue weighted by Crippen LogP contribution is 2.25. The normalized spacial score (nSPS) is 11.3. The van der Waals surface area contributed by atoms with Crippen LogP contribution in [0.2, 0.25) is 0 Å². The summed E-state index contributed by atoms with van der Waals surface area (Å²) in [6.45, 7) is -0.543. The van der Waals surface area contributed by atoms with Gasteiger partial charge in [-0.3, -0.25) is 4.79 Å². The molecular weight excluding hydrogens is 371 g/mol. The van der Waals surface area contributed by atoms with E-state index in [1.807, 2.05) is 0 Å². The summed E-state index contributed by atoms with van der Waals surface area (Å²) >= 11 is 0. The summed E-state index contributed by atoms with van der Waals surface area (Å²) in [4.78, 5) is 12.9. The molecule has 28 heavy (non-hydrogen) atoms. The Balaban J connectivity index is 1.86. The number of rotatable bonds is 4. The molecule has 2 heterocycles. The second-order valence-corrected chi connectivity index (χ2v) is 6.30. The summed E-state index contributed by atoms with van der Waals surface area (Å²) in [5, 5.41) is 14.1. The van der Waals surface area contributed by atoms with Crippen LogP contribution in [0.1, 0.15) is 11.1 Å². The van der Waals surface area contributed by atoms with Crippen LogP contribution in [-0.2, 0) is 13.2 Å². The summed E-state index contributed by atoms with van der Waals surface area (Å²) < 4.78 is 43.0. The van der Waals surface area contributed by atoms with Crippen molar-refractivity contribution in [1.29, 1.82) is 0 Å². The first-order valence-corrected chi connectivity index (χ1v) is 8.38. The van der Waals surface area contributed by atoms with Crippen LogP contribution in [0.3, 0.4) is 0 Å². The Morgan fingerprint density at radius 2 is 1.71 bits per heavy atom. The zero-order chi connectivity index (χ0) is 19.8. The number of nitrogens with zero attached hydrogens (tertiary/aromatic N) is 3. The summed E-state index contributed by atoms with van der Waals surface area (Å²) in [6, 6.07) is 8.70. The van der Waals surface area contributed by atoms with Crippen LogP contribution in [0, 0.1) is 17.5 Å². The van der Waals surface area contributed by atoms with E-state index >= 15 is 0 Å². The van der Waals surface area contributed by atoms with E-state index in [0.717, 1.165) is 18.2 Å². The Morgan fingerprint density at radius 1 is 0.964 bits per heavy atom. The first-order valence-electron chi connectivity index (χ1n) is 8.38. The third-order valence-electron chi connectivity index (χ3n) is 4.39. The summed E-state index contributed by atoms with van der Waals surface area (Å²) in [5.74, 6) is -1.94. The molecule has 0 radical (unpaired) electrons. The topological polar surface area (TPSA) is 59.5 Å². The lowest BCUT2D eigenvalue weighted by molar-refractivity contribution is 0.283. The summed E-state index contributed by atoms with van der Waals surface area (Å²) in [7, 11) is 0. The molecule has 2 aromatic carbocycles. The first-order chi connectivity index (χ1) is 13.5. The van der Waals surface area contributed by atoms with E-state index in [-0.39, 0.29) is 28.9 Å². The van der Waals surface area contributed by atoms with E-state index in [0.29, 0.717) is 5.56 Å². The average Bonchev–Trinajstić information content (AvgIpc) is 3.03. The minimum atomic E-state index is -0.738. The Labute approximate surface area is 156 Å². The molecule has 142 valence electrons. The molecule has 4 rings (SSSR count). The van der Waals surface area contributed by atoms with Crippen LogP contribution in [0.4, 0.5) is 13.2 Å². The van der Waals surface area contributed by atoms with E-state index in [1.54, 1.807) is 6.07 Å². The maximum Gasteiger partial charge on any atom is 0.277 e. The molecule has 0 aliphatic heterocycles. The fraction of sp³-hybridized carbons (Fsp3) is 0.100. The molecule has 1 N–H and O–H groups in total. The second-order valence-electron chi connectivity index (χ2n) is 6.30. The van der Waals surface area contributed by atoms with Crippen LogP contribution >= 0.6 is 0 Å². The van der Waals surface area contributed by atoms with Gasteiger partial charge in [0.15, 0.2) is 0 Å². The molecule has 0 aliphatic rings. The fourth-order valence-corrected chi connectivity index (χ4v) is 3.19. The van der Waals surface area contributed by atoms with Crippen molar-refractivity contribution in [2.45, 2.75) is 13.2 Å². The highest BCUT2D eigenvalue weighted by molar-refractivity contribution is 5.72. The van der Waals surface area contributed by atoms with Gasteiger partial charge < -0.3 is 9.67 Å². The standard InChI is InChI=1S/C20H14F3N3O2/c21-14-3-1-2-13(8-14)18-17(11-27)19-20(28)25(4-5-26(19)24-18)10-12-6-15(22)9-16(23)7-12/h1-9,27H,10-11H2. The molecule has 0 amide bonds. The average molecular weight is 385 g/mol. The molecule has 0 bridgehead atoms. The van der Waals surface area contributed by atoms with Gasteiger partial charge in [0.05, 0.1) is 18.8 Å². The van der Waals surface area contributed by atoms with Gasteiger partial charge in [-0.05, 0) is 29.8 Å². The molecule has 2 aromatic heterocycles. The highest BCUT2D eigenvalue weighted by Gasteiger charge is 2.18. The number of halogens is 3. The first kappa shape index (κ1) is 18.0. The van der Waals surface area contributed by atoms with Gasteiger partial charge >= 0.3 is 0 Å². The molecular formula is C20H14F3N3O2. The lowest BCUT2D eigenvalue weighted by Crippen LogP contribution is -2.22. The van der Waals surface area contributed by atoms with Gasteiger partial charge in [0.25, 0.3) is 5.56 Å². The SMILES string of the molecule is O=c1c2c(CO)c(-c3cccc(F)c3)nn2ccn1Cc1cc(F)cc(F)c1. The van der Waals surface area contributed by atoms with Gasteiger partial charge in [-0.1, -0.05) is 12.1 Å². The minimum absolute atomic E-state index is 0.0602. The van der Waals surface area contributed by atoms with Crippen LogP contribution in [0.25, 0.3) is 16.8 Å². The molecule has 0 atom stereocenters. The molecule has 5 nitrogen and oxygen atoms in total. The van der Waals surface area contributed by atoms with Crippen LogP contribution in [0.5, 0.6) is 0 Å². The third kappa shape index (κ3) is 3.18. The van der Waals surface area contributed by atoms with Gasteiger partial charge in [-0.2, -0.15) is 5.10 Å². The van der Waals surface area contributed by atoms with Crippen molar-refractivity contribution in [1.82, 2.24) is 14.2 Å². The monoisotopic (exact) mass is 385 g/mol. The molecule has 0 fully saturated rings. The highest BCUT2D eigenvalue weighted by atomic mass is 19.1. The predicted molar refractivity (Wildman–Crippen MR) is 96.2 cm³/mol. The number of hydrogen-bond acceptors (Lipinski definition) is 3. The number of fused-ring (bicyclic) bond motifs is 1. The quantitative estimate of drug-likeness (QED) is 0.587. The van der Waals surface area contributed by atoms with Crippen molar-refractivity contribution in [2.75, 3.05) is 0 Å². The lowest BCUT2D eigenvalue weighted by atomic mass is 10.1. The van der Waals surface area contributed by atoms with Crippen molar-refractivity contribution in [3.05, 3.63) is 93.8 Å². The molecule has 0 spiro atoms. The van der Waals surface area contributed by atoms with Crippen molar-refractivity contribution in [3.8, 4) is 11.3 Å². The van der Waals surface area contributed by atoms with Crippen LogP contribution < -0.4 is 5.56 Å². The smallest absolute Gasteiger partial charge is 0.277 e. The molecule has 0 saturated heterocycles. The van der Waals surface area contributed by atoms with Gasteiger partial charge in [-0.25, -0.2) is 17.7 Å². The van der Waals surface area contributed by atoms with E-state index < -0.39 is 29.6 Å². The number of aliphatic hydroxyl groups excluding tert-OH is 1. The number of aliphatic hydroxyl groups is 1. The maximum atomic E-state index is 13.6. The van der Waals surface area contributed by atoms with Crippen molar-refractivity contribution >= 4 is 5.52 Å². The zero-order valence-corrected chi connectivity index (χ0v) is 14.4. The van der Waals surface area contributed by atoms with E-state index in [9.17, 15) is 23.1 Å². The Kier molecular flexibility index (Phi) is 4.48. The fourth-order valence-electron chi connectivity index (χ4n) is 3.19. The summed E-state index contributed by atoms with van der Waals surface area (Å²) in [5.41, 5.74) is 0.849. The molecule has 0 unspecified atom stereocenters. The van der Waals surface area contributed by atoms with Gasteiger partial charge in [-0.15, -0.1) is 0 Å². The molecule has 0 aliphatic carbocycles. The van der Waals surface area contributed by atoms with Gasteiger partial charge in [0.2, 0.25) is 0 Å². The van der Waals surface area contributed by atoms with Crippen molar-refractivity contribution < 1.29 is 18.3 Å². The Bertz CT molecular complexity index is 1230. The van der Waals surface area contributed by atoms with Gasteiger partial charge in [0.1, 0.15) is 23.0 Å². The van der Waals surface area contributed by atoms with Crippen LogP contribution in [-0.4, -0.2) is 19.3 Å². The largest absolute Gasteiger partial charge is 0.392 e. The third-order valence-corrected chi connectivity index (χ3v) is 4.39.